The highest BCUT2D eigenvalue weighted by molar-refractivity contribution is 9.10. The highest BCUT2D eigenvalue weighted by Crippen LogP contribution is 2.28. The number of halogens is 2. The number of benzene rings is 1. The molecule has 1 aromatic heterocycles. The molecule has 0 aliphatic carbocycles. The molecule has 1 amide bonds. The summed E-state index contributed by atoms with van der Waals surface area (Å²) in [5, 5.41) is 9.65. The maximum atomic E-state index is 12.3. The van der Waals surface area contributed by atoms with Crippen molar-refractivity contribution < 1.29 is 9.53 Å². The lowest BCUT2D eigenvalue weighted by atomic mass is 10.1. The van der Waals surface area contributed by atoms with Crippen LogP contribution in [-0.4, -0.2) is 23.2 Å². The molecule has 0 radical (unpaired) electrons. The van der Waals surface area contributed by atoms with Gasteiger partial charge in [-0.2, -0.15) is 5.10 Å². The fourth-order valence-corrected chi connectivity index (χ4v) is 2.64. The Hall–Kier alpha value is -1.73. The Bertz CT molecular complexity index is 673. The third-order valence-corrected chi connectivity index (χ3v) is 3.84. The molecular weight excluding hydrogens is 372 g/mol. The highest BCUT2D eigenvalue weighted by Gasteiger charge is 2.20. The first-order valence-corrected chi connectivity index (χ1v) is 7.22. The normalized spacial score (nSPS) is 10.2. The minimum absolute atomic E-state index is 0. The zero-order chi connectivity index (χ0) is 15.6. The van der Waals surface area contributed by atoms with E-state index in [-0.39, 0.29) is 24.2 Å². The SMILES string of the molecule is COc1ccc(N)c(NC(=O)c2n[nH]c(C(C)C)c2Br)c1.Cl. The first-order valence-electron chi connectivity index (χ1n) is 6.42. The number of anilines is 2. The fraction of sp³-hybridized carbons (Fsp3) is 0.286. The van der Waals surface area contributed by atoms with Crippen molar-refractivity contribution >= 4 is 45.6 Å². The molecule has 0 saturated heterocycles. The van der Waals surface area contributed by atoms with Gasteiger partial charge in [0.05, 0.1) is 28.7 Å². The molecule has 2 rings (SSSR count). The Labute approximate surface area is 143 Å². The van der Waals surface area contributed by atoms with Gasteiger partial charge in [-0.05, 0) is 34.0 Å². The van der Waals surface area contributed by atoms with Crippen molar-refractivity contribution in [3.63, 3.8) is 0 Å². The number of aromatic amines is 1. The molecule has 0 saturated carbocycles. The van der Waals surface area contributed by atoms with E-state index in [0.29, 0.717) is 27.3 Å². The van der Waals surface area contributed by atoms with Crippen LogP contribution < -0.4 is 15.8 Å². The minimum atomic E-state index is -0.343. The van der Waals surface area contributed by atoms with E-state index in [1.165, 1.54) is 0 Å². The van der Waals surface area contributed by atoms with Gasteiger partial charge < -0.3 is 15.8 Å². The molecule has 0 bridgehead atoms. The number of nitrogens with two attached hydrogens (primary N) is 1. The summed E-state index contributed by atoms with van der Waals surface area (Å²) >= 11 is 3.40. The highest BCUT2D eigenvalue weighted by atomic mass is 79.9. The van der Waals surface area contributed by atoms with Gasteiger partial charge in [-0.1, -0.05) is 13.8 Å². The van der Waals surface area contributed by atoms with Crippen molar-refractivity contribution in [2.75, 3.05) is 18.2 Å². The van der Waals surface area contributed by atoms with Crippen LogP contribution in [0, 0.1) is 0 Å². The largest absolute Gasteiger partial charge is 0.497 e. The van der Waals surface area contributed by atoms with E-state index in [4.69, 9.17) is 10.5 Å². The third-order valence-electron chi connectivity index (χ3n) is 3.03. The smallest absolute Gasteiger partial charge is 0.277 e. The van der Waals surface area contributed by atoms with Crippen LogP contribution in [0.5, 0.6) is 5.75 Å². The van der Waals surface area contributed by atoms with Crippen molar-refractivity contribution in [2.45, 2.75) is 19.8 Å². The van der Waals surface area contributed by atoms with E-state index in [1.807, 2.05) is 13.8 Å². The van der Waals surface area contributed by atoms with Crippen LogP contribution in [0.25, 0.3) is 0 Å². The van der Waals surface area contributed by atoms with Crippen LogP contribution in [-0.2, 0) is 0 Å². The number of amides is 1. The number of hydrogen-bond acceptors (Lipinski definition) is 4. The molecule has 0 aliphatic rings. The Morgan fingerprint density at radius 3 is 2.68 bits per heavy atom. The number of ether oxygens (including phenoxy) is 1. The second-order valence-corrected chi connectivity index (χ2v) is 5.65. The van der Waals surface area contributed by atoms with Crippen molar-refractivity contribution in [2.24, 2.45) is 0 Å². The van der Waals surface area contributed by atoms with Gasteiger partial charge in [0.2, 0.25) is 0 Å². The molecule has 1 aromatic carbocycles. The Balaban J connectivity index is 0.00000242. The number of nitrogens with zero attached hydrogens (tertiary/aromatic N) is 1. The second kappa shape index (κ2) is 7.51. The topological polar surface area (TPSA) is 93.0 Å². The van der Waals surface area contributed by atoms with Gasteiger partial charge in [-0.15, -0.1) is 12.4 Å². The number of aromatic nitrogens is 2. The van der Waals surface area contributed by atoms with Crippen molar-refractivity contribution in [3.8, 4) is 5.75 Å². The summed E-state index contributed by atoms with van der Waals surface area (Å²) in [6.07, 6.45) is 0. The third kappa shape index (κ3) is 3.72. The molecule has 4 N–H and O–H groups in total. The van der Waals surface area contributed by atoms with Crippen LogP contribution in [0.4, 0.5) is 11.4 Å². The van der Waals surface area contributed by atoms with E-state index >= 15 is 0 Å². The standard InChI is InChI=1S/C14H17BrN4O2.ClH/c1-7(2)12-11(15)13(19-18-12)14(20)17-10-6-8(21-3)4-5-9(10)16;/h4-7H,16H2,1-3H3,(H,17,20)(H,18,19);1H. The van der Waals surface area contributed by atoms with E-state index in [2.05, 4.69) is 31.4 Å². The van der Waals surface area contributed by atoms with Gasteiger partial charge in [-0.3, -0.25) is 9.89 Å². The average Bonchev–Trinajstić information content (AvgIpc) is 2.83. The molecule has 0 fully saturated rings. The number of methoxy groups -OCH3 is 1. The van der Waals surface area contributed by atoms with E-state index < -0.39 is 0 Å². The molecule has 120 valence electrons. The predicted octanol–water partition coefficient (Wildman–Crippen LogP) is 3.56. The van der Waals surface area contributed by atoms with Gasteiger partial charge in [0.25, 0.3) is 5.91 Å². The van der Waals surface area contributed by atoms with Crippen LogP contribution in [0.15, 0.2) is 22.7 Å². The second-order valence-electron chi connectivity index (χ2n) is 4.86. The zero-order valence-corrected chi connectivity index (χ0v) is 14.8. The first-order chi connectivity index (χ1) is 9.93. The zero-order valence-electron chi connectivity index (χ0n) is 12.4. The number of nitrogen functional groups attached to an aromatic ring is 1. The van der Waals surface area contributed by atoms with Crippen molar-refractivity contribution in [1.82, 2.24) is 10.2 Å². The molecule has 6 nitrogen and oxygen atoms in total. The van der Waals surface area contributed by atoms with Crippen LogP contribution in [0.1, 0.15) is 35.9 Å². The monoisotopic (exact) mass is 388 g/mol. The molecule has 0 spiro atoms. The van der Waals surface area contributed by atoms with Gasteiger partial charge >= 0.3 is 0 Å². The fourth-order valence-electron chi connectivity index (χ4n) is 1.83. The molecule has 8 heteroatoms. The number of nitrogens with one attached hydrogen (secondary N) is 2. The summed E-state index contributed by atoms with van der Waals surface area (Å²) in [5.74, 6) is 0.503. The van der Waals surface area contributed by atoms with Gasteiger partial charge in [0, 0.05) is 6.07 Å². The Morgan fingerprint density at radius 1 is 1.45 bits per heavy atom. The van der Waals surface area contributed by atoms with E-state index in [9.17, 15) is 4.79 Å². The summed E-state index contributed by atoms with van der Waals surface area (Å²) in [6.45, 7) is 4.03. The van der Waals surface area contributed by atoms with E-state index in [0.717, 1.165) is 5.69 Å². The van der Waals surface area contributed by atoms with Crippen LogP contribution >= 0.6 is 28.3 Å². The molecule has 22 heavy (non-hydrogen) atoms. The first kappa shape index (κ1) is 18.3. The van der Waals surface area contributed by atoms with Gasteiger partial charge in [0.1, 0.15) is 5.75 Å². The summed E-state index contributed by atoms with van der Waals surface area (Å²) in [6, 6.07) is 5.07. The molecule has 1 heterocycles. The summed E-state index contributed by atoms with van der Waals surface area (Å²) < 4.78 is 5.78. The number of H-pyrrole nitrogens is 1. The lowest BCUT2D eigenvalue weighted by Crippen LogP contribution is -2.14. The summed E-state index contributed by atoms with van der Waals surface area (Å²) in [4.78, 5) is 12.3. The Kier molecular flexibility index (Phi) is 6.25. The lowest BCUT2D eigenvalue weighted by Gasteiger charge is -2.09. The van der Waals surface area contributed by atoms with Crippen LogP contribution in [0.3, 0.4) is 0 Å². The summed E-state index contributed by atoms with van der Waals surface area (Å²) in [5.41, 5.74) is 7.96. The molecule has 0 unspecified atom stereocenters. The number of rotatable bonds is 4. The average molecular weight is 390 g/mol. The molecule has 0 atom stereocenters. The number of carbonyl (C=O) groups excluding carboxylic acids is 1. The van der Waals surface area contributed by atoms with Crippen molar-refractivity contribution in [3.05, 3.63) is 34.1 Å². The molecular formula is C14H18BrClN4O2. The summed E-state index contributed by atoms with van der Waals surface area (Å²) in [7, 11) is 1.55. The maximum absolute atomic E-state index is 12.3. The Morgan fingerprint density at radius 2 is 2.14 bits per heavy atom. The predicted molar refractivity (Wildman–Crippen MR) is 93.0 cm³/mol. The number of hydrogen-bond donors (Lipinski definition) is 3. The quantitative estimate of drug-likeness (QED) is 0.697. The number of carbonyl (C=O) groups is 1. The molecule has 0 aliphatic heterocycles. The van der Waals surface area contributed by atoms with Crippen LogP contribution in [0.2, 0.25) is 0 Å². The molecule has 2 aromatic rings. The van der Waals surface area contributed by atoms with E-state index in [1.54, 1.807) is 25.3 Å². The van der Waals surface area contributed by atoms with Gasteiger partial charge in [0.15, 0.2) is 5.69 Å². The minimum Gasteiger partial charge on any atom is -0.497 e. The van der Waals surface area contributed by atoms with Gasteiger partial charge in [-0.25, -0.2) is 0 Å². The van der Waals surface area contributed by atoms with Crippen molar-refractivity contribution in [1.29, 1.82) is 0 Å². The lowest BCUT2D eigenvalue weighted by molar-refractivity contribution is 0.102. The maximum Gasteiger partial charge on any atom is 0.277 e.